The highest BCUT2D eigenvalue weighted by Gasteiger charge is 2.35. The Kier molecular flexibility index (Phi) is 5.57. The summed E-state index contributed by atoms with van der Waals surface area (Å²) in [4.78, 5) is 25.4. The number of aromatic nitrogens is 2. The second kappa shape index (κ2) is 6.81. The van der Waals surface area contributed by atoms with E-state index in [1.807, 2.05) is 6.92 Å². The van der Waals surface area contributed by atoms with Crippen molar-refractivity contribution in [2.45, 2.75) is 52.7 Å². The number of aryl methyl sites for hydroxylation is 2. The number of carbonyl (C=O) groups is 2. The van der Waals surface area contributed by atoms with Gasteiger partial charge in [-0.1, -0.05) is 6.92 Å². The molecule has 0 aromatic carbocycles. The maximum Gasteiger partial charge on any atom is 0.411 e. The molecule has 0 saturated carbocycles. The van der Waals surface area contributed by atoms with Crippen LogP contribution >= 0.6 is 0 Å². The van der Waals surface area contributed by atoms with Crippen LogP contribution in [0.25, 0.3) is 0 Å². The van der Waals surface area contributed by atoms with Gasteiger partial charge in [0.15, 0.2) is 6.04 Å². The topological polar surface area (TPSA) is 84.7 Å². The predicted molar refractivity (Wildman–Crippen MR) is 81.6 cm³/mol. The summed E-state index contributed by atoms with van der Waals surface area (Å²) in [6, 6.07) is -1.11. The summed E-state index contributed by atoms with van der Waals surface area (Å²) in [5.74, 6) is -1.10. The number of carboxylic acid groups (broad SMARTS) is 1. The Balaban J connectivity index is 3.20. The highest BCUT2D eigenvalue weighted by atomic mass is 16.6. The molecule has 124 valence electrons. The minimum Gasteiger partial charge on any atom is -0.479 e. The van der Waals surface area contributed by atoms with Crippen molar-refractivity contribution in [2.24, 2.45) is 7.05 Å². The number of ether oxygens (including phenoxy) is 1. The molecule has 1 atom stereocenters. The lowest BCUT2D eigenvalue weighted by Crippen LogP contribution is -2.42. The Morgan fingerprint density at radius 2 is 2.05 bits per heavy atom. The van der Waals surface area contributed by atoms with E-state index in [1.54, 1.807) is 45.6 Å². The van der Waals surface area contributed by atoms with Crippen LogP contribution in [-0.2, 0) is 16.6 Å². The molecular formula is C15H25N3O4. The Bertz CT molecular complexity index is 545. The van der Waals surface area contributed by atoms with E-state index in [0.29, 0.717) is 24.2 Å². The molecule has 1 aromatic rings. The Morgan fingerprint density at radius 1 is 1.45 bits per heavy atom. The highest BCUT2D eigenvalue weighted by molar-refractivity contribution is 5.81. The lowest BCUT2D eigenvalue weighted by molar-refractivity contribution is -0.143. The van der Waals surface area contributed by atoms with E-state index in [2.05, 4.69) is 5.10 Å². The first-order valence-corrected chi connectivity index (χ1v) is 7.29. The molecule has 0 aliphatic rings. The Hall–Kier alpha value is -2.05. The van der Waals surface area contributed by atoms with Crippen molar-refractivity contribution >= 4 is 12.1 Å². The van der Waals surface area contributed by atoms with Crippen LogP contribution in [0, 0.1) is 6.92 Å². The quantitative estimate of drug-likeness (QED) is 0.903. The number of aliphatic carboxylic acids is 1. The standard InChI is InChI=1S/C15H25N3O4/c1-7-8-18(14(21)22-15(3,4)5)12(13(19)20)11-9-17(6)16-10(11)2/h9,12H,7-8H2,1-6H3,(H,19,20). The summed E-state index contributed by atoms with van der Waals surface area (Å²) >= 11 is 0. The van der Waals surface area contributed by atoms with Gasteiger partial charge >= 0.3 is 12.1 Å². The third-order valence-electron chi connectivity index (χ3n) is 2.98. The molecule has 0 radical (unpaired) electrons. The fourth-order valence-corrected chi connectivity index (χ4v) is 2.21. The minimum absolute atomic E-state index is 0.292. The van der Waals surface area contributed by atoms with Crippen molar-refractivity contribution in [3.05, 3.63) is 17.5 Å². The summed E-state index contributed by atoms with van der Waals surface area (Å²) in [6.45, 7) is 9.15. The van der Waals surface area contributed by atoms with Gasteiger partial charge in [-0.15, -0.1) is 0 Å². The number of rotatable bonds is 5. The average molecular weight is 311 g/mol. The van der Waals surface area contributed by atoms with Crippen molar-refractivity contribution in [1.82, 2.24) is 14.7 Å². The zero-order valence-corrected chi connectivity index (χ0v) is 14.1. The molecule has 0 aliphatic carbocycles. The summed E-state index contributed by atoms with van der Waals surface area (Å²) in [5.41, 5.74) is 0.393. The van der Waals surface area contributed by atoms with Crippen LogP contribution in [0.1, 0.15) is 51.4 Å². The monoisotopic (exact) mass is 311 g/mol. The van der Waals surface area contributed by atoms with Crippen LogP contribution in [0.4, 0.5) is 4.79 Å². The smallest absolute Gasteiger partial charge is 0.411 e. The van der Waals surface area contributed by atoms with Gasteiger partial charge in [0, 0.05) is 25.4 Å². The third-order valence-corrected chi connectivity index (χ3v) is 2.98. The van der Waals surface area contributed by atoms with Crippen LogP contribution in [0.15, 0.2) is 6.20 Å². The number of nitrogens with zero attached hydrogens (tertiary/aromatic N) is 3. The molecule has 1 unspecified atom stereocenters. The van der Waals surface area contributed by atoms with Crippen LogP contribution in [0.2, 0.25) is 0 Å². The van der Waals surface area contributed by atoms with Crippen molar-refractivity contribution in [3.8, 4) is 0 Å². The second-order valence-corrected chi connectivity index (χ2v) is 6.26. The maximum atomic E-state index is 12.4. The van der Waals surface area contributed by atoms with E-state index in [-0.39, 0.29) is 0 Å². The van der Waals surface area contributed by atoms with E-state index in [1.165, 1.54) is 4.90 Å². The van der Waals surface area contributed by atoms with Gasteiger partial charge in [-0.3, -0.25) is 9.58 Å². The molecule has 0 bridgehead atoms. The molecule has 1 aromatic heterocycles. The number of carboxylic acids is 1. The molecule has 22 heavy (non-hydrogen) atoms. The molecular weight excluding hydrogens is 286 g/mol. The molecule has 1 amide bonds. The van der Waals surface area contributed by atoms with Crippen molar-refractivity contribution < 1.29 is 19.4 Å². The van der Waals surface area contributed by atoms with Crippen LogP contribution < -0.4 is 0 Å². The fraction of sp³-hybridized carbons (Fsp3) is 0.667. The van der Waals surface area contributed by atoms with Crippen molar-refractivity contribution in [2.75, 3.05) is 6.54 Å². The number of amides is 1. The summed E-state index contributed by atoms with van der Waals surface area (Å²) in [7, 11) is 1.72. The molecule has 0 saturated heterocycles. The summed E-state index contributed by atoms with van der Waals surface area (Å²) < 4.78 is 6.89. The molecule has 1 N–H and O–H groups in total. The van der Waals surface area contributed by atoms with Gasteiger partial charge in [0.2, 0.25) is 0 Å². The number of hydrogen-bond acceptors (Lipinski definition) is 4. The third kappa shape index (κ3) is 4.47. The first kappa shape index (κ1) is 18.0. The van der Waals surface area contributed by atoms with E-state index in [4.69, 9.17) is 4.74 Å². The van der Waals surface area contributed by atoms with Gasteiger partial charge in [-0.2, -0.15) is 5.10 Å². The van der Waals surface area contributed by atoms with Crippen LogP contribution in [0.3, 0.4) is 0 Å². The zero-order valence-electron chi connectivity index (χ0n) is 14.1. The summed E-state index contributed by atoms with van der Waals surface area (Å²) in [6.07, 6.45) is 1.62. The highest BCUT2D eigenvalue weighted by Crippen LogP contribution is 2.26. The van der Waals surface area contributed by atoms with E-state index < -0.39 is 23.7 Å². The minimum atomic E-state index is -1.11. The lowest BCUT2D eigenvalue weighted by Gasteiger charge is -2.31. The van der Waals surface area contributed by atoms with E-state index >= 15 is 0 Å². The van der Waals surface area contributed by atoms with Crippen molar-refractivity contribution in [3.63, 3.8) is 0 Å². The molecule has 0 fully saturated rings. The number of carbonyl (C=O) groups excluding carboxylic acids is 1. The molecule has 1 heterocycles. The lowest BCUT2D eigenvalue weighted by atomic mass is 10.1. The molecule has 0 spiro atoms. The molecule has 7 nitrogen and oxygen atoms in total. The Labute approximate surface area is 130 Å². The van der Waals surface area contributed by atoms with Gasteiger partial charge in [-0.05, 0) is 34.1 Å². The summed E-state index contributed by atoms with van der Waals surface area (Å²) in [5, 5.41) is 13.8. The largest absolute Gasteiger partial charge is 0.479 e. The van der Waals surface area contributed by atoms with Gasteiger partial charge in [0.05, 0.1) is 5.69 Å². The average Bonchev–Trinajstić information content (AvgIpc) is 2.65. The zero-order chi connectivity index (χ0) is 17.1. The van der Waals surface area contributed by atoms with Gasteiger partial charge in [0.25, 0.3) is 0 Å². The maximum absolute atomic E-state index is 12.4. The SMILES string of the molecule is CCCN(C(=O)OC(C)(C)C)C(C(=O)O)c1cn(C)nc1C. The van der Waals surface area contributed by atoms with Crippen LogP contribution in [-0.4, -0.2) is 44.0 Å². The van der Waals surface area contributed by atoms with Crippen LogP contribution in [0.5, 0.6) is 0 Å². The second-order valence-electron chi connectivity index (χ2n) is 6.26. The first-order chi connectivity index (χ1) is 10.1. The normalized spacial score (nSPS) is 12.8. The molecule has 7 heteroatoms. The Morgan fingerprint density at radius 3 is 2.41 bits per heavy atom. The van der Waals surface area contributed by atoms with Gasteiger partial charge in [0.1, 0.15) is 5.60 Å². The van der Waals surface area contributed by atoms with E-state index in [9.17, 15) is 14.7 Å². The number of hydrogen-bond donors (Lipinski definition) is 1. The fourth-order valence-electron chi connectivity index (χ4n) is 2.21. The first-order valence-electron chi connectivity index (χ1n) is 7.29. The predicted octanol–water partition coefficient (Wildman–Crippen LogP) is 2.50. The van der Waals surface area contributed by atoms with E-state index in [0.717, 1.165) is 0 Å². The van der Waals surface area contributed by atoms with Gasteiger partial charge in [-0.25, -0.2) is 9.59 Å². The molecule has 0 aliphatic heterocycles. The molecule has 1 rings (SSSR count). The van der Waals surface area contributed by atoms with Gasteiger partial charge < -0.3 is 9.84 Å². The van der Waals surface area contributed by atoms with Crippen molar-refractivity contribution in [1.29, 1.82) is 0 Å².